The van der Waals surface area contributed by atoms with Gasteiger partial charge >= 0.3 is 0 Å². The second-order valence-electron chi connectivity index (χ2n) is 5.78. The third kappa shape index (κ3) is 3.00. The Morgan fingerprint density at radius 2 is 2.14 bits per heavy atom. The monoisotopic (exact) mass is 301 g/mol. The summed E-state index contributed by atoms with van der Waals surface area (Å²) >= 11 is 0. The van der Waals surface area contributed by atoms with Crippen LogP contribution in [0.1, 0.15) is 54.5 Å². The predicted molar refractivity (Wildman–Crippen MR) is 84.2 cm³/mol. The zero-order valence-corrected chi connectivity index (χ0v) is 12.8. The summed E-state index contributed by atoms with van der Waals surface area (Å²) in [5.41, 5.74) is 9.48. The van der Waals surface area contributed by atoms with Gasteiger partial charge < -0.3 is 11.1 Å². The molecule has 1 aromatic heterocycles. The molecular formula is C16H20FN5. The molecule has 3 rings (SSSR count). The van der Waals surface area contributed by atoms with Gasteiger partial charge in [-0.1, -0.05) is 23.8 Å². The number of alkyl halides is 1. The molecule has 2 atom stereocenters. The largest absolute Gasteiger partial charge is 0.368 e. The number of benzene rings is 1. The molecule has 0 fully saturated rings. The van der Waals surface area contributed by atoms with Crippen LogP contribution in [0.2, 0.25) is 0 Å². The van der Waals surface area contributed by atoms with Crippen molar-refractivity contribution in [2.45, 2.75) is 45.3 Å². The third-order valence-corrected chi connectivity index (χ3v) is 3.94. The molecule has 3 N–H and O–H groups in total. The van der Waals surface area contributed by atoms with Gasteiger partial charge in [0.2, 0.25) is 11.9 Å². The maximum Gasteiger partial charge on any atom is 0.228 e. The molecule has 0 bridgehead atoms. The molecular weight excluding hydrogens is 281 g/mol. The highest BCUT2D eigenvalue weighted by Crippen LogP contribution is 2.32. The lowest BCUT2D eigenvalue weighted by atomic mass is 9.87. The van der Waals surface area contributed by atoms with Crippen molar-refractivity contribution in [1.82, 2.24) is 15.0 Å². The van der Waals surface area contributed by atoms with Crippen LogP contribution in [0, 0.1) is 6.92 Å². The first-order chi connectivity index (χ1) is 10.5. The standard InChI is InChI=1S/C16H20FN5/c1-9-6-7-11-4-3-5-13(12(11)8-9)19-16-21-14(10(2)17)20-15(18)22-16/h6-8,10,13H,3-5H2,1-2H3,(H3,18,19,20,21,22)/t10-,13-/m1/s1. The van der Waals surface area contributed by atoms with Gasteiger partial charge in [-0.3, -0.25) is 0 Å². The van der Waals surface area contributed by atoms with Gasteiger partial charge in [-0.15, -0.1) is 0 Å². The van der Waals surface area contributed by atoms with E-state index in [4.69, 9.17) is 5.73 Å². The van der Waals surface area contributed by atoms with Crippen molar-refractivity contribution in [2.24, 2.45) is 0 Å². The highest BCUT2D eigenvalue weighted by Gasteiger charge is 2.21. The van der Waals surface area contributed by atoms with Crippen molar-refractivity contribution in [3.05, 3.63) is 40.7 Å². The first-order valence-corrected chi connectivity index (χ1v) is 7.54. The Labute approximate surface area is 129 Å². The van der Waals surface area contributed by atoms with E-state index in [1.54, 1.807) is 0 Å². The van der Waals surface area contributed by atoms with E-state index in [9.17, 15) is 4.39 Å². The number of hydrogen-bond donors (Lipinski definition) is 2. The average Bonchev–Trinajstić information content (AvgIpc) is 2.47. The van der Waals surface area contributed by atoms with Crippen LogP contribution in [0.3, 0.4) is 0 Å². The number of aryl methyl sites for hydroxylation is 2. The van der Waals surface area contributed by atoms with Crippen molar-refractivity contribution >= 4 is 11.9 Å². The zero-order valence-electron chi connectivity index (χ0n) is 12.8. The molecule has 0 aliphatic heterocycles. The predicted octanol–water partition coefficient (Wildman–Crippen LogP) is 3.28. The number of rotatable bonds is 3. The molecule has 0 saturated heterocycles. The summed E-state index contributed by atoms with van der Waals surface area (Å²) in [6.07, 6.45) is 1.90. The summed E-state index contributed by atoms with van der Waals surface area (Å²) in [5.74, 6) is 0.443. The summed E-state index contributed by atoms with van der Waals surface area (Å²) in [6, 6.07) is 6.61. The molecule has 1 aliphatic rings. The maximum absolute atomic E-state index is 13.4. The summed E-state index contributed by atoms with van der Waals surface area (Å²) in [4.78, 5) is 12.0. The van der Waals surface area contributed by atoms with Gasteiger partial charge in [0.15, 0.2) is 12.0 Å². The number of aromatic nitrogens is 3. The van der Waals surface area contributed by atoms with Gasteiger partial charge in [0.25, 0.3) is 0 Å². The Morgan fingerprint density at radius 1 is 1.32 bits per heavy atom. The van der Waals surface area contributed by atoms with Crippen LogP contribution in [0.15, 0.2) is 18.2 Å². The first kappa shape index (κ1) is 14.7. The number of anilines is 2. The summed E-state index contributed by atoms with van der Waals surface area (Å²) in [7, 11) is 0. The quantitative estimate of drug-likeness (QED) is 0.909. The highest BCUT2D eigenvalue weighted by atomic mass is 19.1. The summed E-state index contributed by atoms with van der Waals surface area (Å²) < 4.78 is 13.4. The minimum atomic E-state index is -1.27. The lowest BCUT2D eigenvalue weighted by molar-refractivity contribution is 0.356. The van der Waals surface area contributed by atoms with Gasteiger partial charge in [-0.05, 0) is 44.2 Å². The Morgan fingerprint density at radius 3 is 2.91 bits per heavy atom. The highest BCUT2D eigenvalue weighted by molar-refractivity contribution is 5.41. The van der Waals surface area contributed by atoms with Crippen molar-refractivity contribution in [3.8, 4) is 0 Å². The SMILES string of the molecule is Cc1ccc2c(c1)[C@H](Nc1nc(N)nc([C@@H](C)F)n1)CCC2. The number of nitrogens with two attached hydrogens (primary N) is 1. The molecule has 1 aromatic carbocycles. The second kappa shape index (κ2) is 5.87. The van der Waals surface area contributed by atoms with Gasteiger partial charge in [-0.25, -0.2) is 4.39 Å². The Balaban J connectivity index is 1.90. The summed E-state index contributed by atoms with van der Waals surface area (Å²) in [6.45, 7) is 3.47. The molecule has 5 nitrogen and oxygen atoms in total. The fourth-order valence-corrected chi connectivity index (χ4v) is 2.88. The molecule has 0 amide bonds. The number of fused-ring (bicyclic) bond motifs is 1. The molecule has 0 radical (unpaired) electrons. The molecule has 116 valence electrons. The van der Waals surface area contributed by atoms with Crippen molar-refractivity contribution in [3.63, 3.8) is 0 Å². The van der Waals surface area contributed by atoms with Crippen molar-refractivity contribution < 1.29 is 4.39 Å². The Hall–Kier alpha value is -2.24. The van der Waals surface area contributed by atoms with Gasteiger partial charge in [-0.2, -0.15) is 15.0 Å². The lowest BCUT2D eigenvalue weighted by Crippen LogP contribution is -2.20. The van der Waals surface area contributed by atoms with Crippen LogP contribution in [0.4, 0.5) is 16.3 Å². The lowest BCUT2D eigenvalue weighted by Gasteiger charge is -2.27. The number of nitrogens with zero attached hydrogens (tertiary/aromatic N) is 3. The van der Waals surface area contributed by atoms with E-state index >= 15 is 0 Å². The molecule has 6 heteroatoms. The molecule has 0 spiro atoms. The van der Waals surface area contributed by atoms with E-state index in [1.165, 1.54) is 23.6 Å². The molecule has 22 heavy (non-hydrogen) atoms. The van der Waals surface area contributed by atoms with E-state index in [1.807, 2.05) is 0 Å². The Bertz CT molecular complexity index is 686. The van der Waals surface area contributed by atoms with Crippen molar-refractivity contribution in [1.29, 1.82) is 0 Å². The van der Waals surface area contributed by atoms with E-state index in [0.717, 1.165) is 19.3 Å². The van der Waals surface area contributed by atoms with Crippen LogP contribution in [-0.2, 0) is 6.42 Å². The second-order valence-corrected chi connectivity index (χ2v) is 5.78. The molecule has 1 aliphatic carbocycles. The van der Waals surface area contributed by atoms with E-state index in [2.05, 4.69) is 45.4 Å². The number of nitrogen functional groups attached to an aromatic ring is 1. The van der Waals surface area contributed by atoms with Gasteiger partial charge in [0.1, 0.15) is 0 Å². The van der Waals surface area contributed by atoms with Crippen LogP contribution in [-0.4, -0.2) is 15.0 Å². The van der Waals surface area contributed by atoms with E-state index < -0.39 is 6.17 Å². The fraction of sp³-hybridized carbons (Fsp3) is 0.438. The van der Waals surface area contributed by atoms with Gasteiger partial charge in [0, 0.05) is 0 Å². The van der Waals surface area contributed by atoms with Crippen LogP contribution >= 0.6 is 0 Å². The number of halogens is 1. The minimum absolute atomic E-state index is 0.0391. The van der Waals surface area contributed by atoms with Crippen LogP contribution in [0.5, 0.6) is 0 Å². The zero-order chi connectivity index (χ0) is 15.7. The third-order valence-electron chi connectivity index (χ3n) is 3.94. The summed E-state index contributed by atoms with van der Waals surface area (Å²) in [5, 5.41) is 3.29. The minimum Gasteiger partial charge on any atom is -0.368 e. The van der Waals surface area contributed by atoms with Crippen LogP contribution < -0.4 is 11.1 Å². The normalized spacial score (nSPS) is 18.6. The maximum atomic E-state index is 13.4. The van der Waals surface area contributed by atoms with Gasteiger partial charge in [0.05, 0.1) is 6.04 Å². The number of hydrogen-bond acceptors (Lipinski definition) is 5. The molecule has 0 saturated carbocycles. The average molecular weight is 301 g/mol. The van der Waals surface area contributed by atoms with E-state index in [-0.39, 0.29) is 17.8 Å². The first-order valence-electron chi connectivity index (χ1n) is 7.54. The van der Waals surface area contributed by atoms with E-state index in [0.29, 0.717) is 5.95 Å². The fourth-order valence-electron chi connectivity index (χ4n) is 2.88. The van der Waals surface area contributed by atoms with Crippen LogP contribution in [0.25, 0.3) is 0 Å². The topological polar surface area (TPSA) is 76.7 Å². The molecule has 1 heterocycles. The number of nitrogens with one attached hydrogen (secondary N) is 1. The van der Waals surface area contributed by atoms with Crippen molar-refractivity contribution in [2.75, 3.05) is 11.1 Å². The molecule has 2 aromatic rings. The molecule has 0 unspecified atom stereocenters. The Kier molecular flexibility index (Phi) is 3.92. The smallest absolute Gasteiger partial charge is 0.228 e.